The lowest BCUT2D eigenvalue weighted by Gasteiger charge is -2.41. The molecule has 1 aliphatic heterocycles. The number of hydrogen-bond donors (Lipinski definition) is 6. The Labute approximate surface area is 450 Å². The summed E-state index contributed by atoms with van der Waals surface area (Å²) in [6, 6.07) is 10.9. The van der Waals surface area contributed by atoms with Gasteiger partial charge in [0, 0.05) is 86.4 Å². The lowest BCUT2D eigenvalue weighted by molar-refractivity contribution is -0.142. The molecule has 6 amide bonds. The summed E-state index contributed by atoms with van der Waals surface area (Å²) in [5.41, 5.74) is 7.33. The van der Waals surface area contributed by atoms with Crippen LogP contribution in [0.1, 0.15) is 70.2 Å². The Morgan fingerprint density at radius 2 is 1.42 bits per heavy atom. The van der Waals surface area contributed by atoms with Crippen molar-refractivity contribution in [2.45, 2.75) is 77.5 Å². The van der Waals surface area contributed by atoms with Gasteiger partial charge in [-0.1, -0.05) is 51.1 Å². The second-order valence-corrected chi connectivity index (χ2v) is 19.8. The maximum atomic E-state index is 15.2. The molecular weight excluding hydrogens is 1030 g/mol. The molecule has 1 aliphatic rings. The van der Waals surface area contributed by atoms with Gasteiger partial charge in [0.05, 0.1) is 64.6 Å². The highest BCUT2D eigenvalue weighted by Crippen LogP contribution is 2.41. The van der Waals surface area contributed by atoms with Gasteiger partial charge in [0.2, 0.25) is 23.6 Å². The number of aliphatic carboxylic acids is 2. The molecule has 0 spiro atoms. The van der Waals surface area contributed by atoms with Crippen LogP contribution in [0.5, 0.6) is 0 Å². The molecule has 21 nitrogen and oxygen atoms in total. The van der Waals surface area contributed by atoms with Crippen LogP contribution in [0.15, 0.2) is 72.9 Å². The molecular formula is C53H71F2N7O14S. The number of halogens is 2. The van der Waals surface area contributed by atoms with Crippen molar-refractivity contribution < 1.29 is 76.3 Å². The van der Waals surface area contributed by atoms with Crippen molar-refractivity contribution in [3.05, 3.63) is 95.8 Å². The van der Waals surface area contributed by atoms with Crippen LogP contribution in [0.4, 0.5) is 8.78 Å². The number of amides is 6. The summed E-state index contributed by atoms with van der Waals surface area (Å²) in [6.07, 6.45) is 3.36. The van der Waals surface area contributed by atoms with Crippen LogP contribution in [-0.2, 0) is 63.8 Å². The summed E-state index contributed by atoms with van der Waals surface area (Å²) in [5.74, 6) is -7.60. The zero-order valence-electron chi connectivity index (χ0n) is 43.7. The molecule has 7 N–H and O–H groups in total. The molecule has 2 aromatic carbocycles. The number of nitrogens with one attached hydrogen (secondary N) is 3. The van der Waals surface area contributed by atoms with Crippen molar-refractivity contribution in [3.63, 3.8) is 0 Å². The molecule has 0 saturated carbocycles. The van der Waals surface area contributed by atoms with E-state index < -0.39 is 77.2 Å². The Kier molecular flexibility index (Phi) is 26.9. The van der Waals surface area contributed by atoms with Gasteiger partial charge in [-0.2, -0.15) is 0 Å². The van der Waals surface area contributed by atoms with Crippen molar-refractivity contribution in [1.29, 1.82) is 0 Å². The molecule has 3 atom stereocenters. The SMILES string of the molecule is CC(C)(C)[C@H](c1cc(-c2cc(F)ccc2F)cn1Cc1ccccc1)N(CCCN)C(=O)CSC[C@H](NC(=O)[C@H](CCC(=O)O)NC(=O)CCOCCOCCOCCOCCNC(=O)CCN1C(=O)C=CC1=O)C(=O)O. The van der Waals surface area contributed by atoms with Crippen LogP contribution in [0, 0.1) is 17.0 Å². The number of hydrogen-bond acceptors (Lipinski definition) is 14. The Morgan fingerprint density at radius 1 is 0.779 bits per heavy atom. The van der Waals surface area contributed by atoms with Crippen molar-refractivity contribution in [2.24, 2.45) is 11.1 Å². The Hall–Kier alpha value is -6.57. The number of ether oxygens (including phenoxy) is 4. The third-order valence-electron chi connectivity index (χ3n) is 11.7. The minimum Gasteiger partial charge on any atom is -0.481 e. The van der Waals surface area contributed by atoms with Gasteiger partial charge in [-0.05, 0) is 54.6 Å². The number of carbonyl (C=O) groups excluding carboxylic acids is 6. The molecule has 0 radical (unpaired) electrons. The van der Waals surface area contributed by atoms with Gasteiger partial charge in [-0.25, -0.2) is 13.6 Å². The maximum absolute atomic E-state index is 15.2. The number of benzene rings is 2. The van der Waals surface area contributed by atoms with Crippen LogP contribution in [0.3, 0.4) is 0 Å². The first-order chi connectivity index (χ1) is 36.8. The Bertz CT molecular complexity index is 2460. The molecule has 0 fully saturated rings. The highest BCUT2D eigenvalue weighted by molar-refractivity contribution is 8.00. The third kappa shape index (κ3) is 22.1. The number of nitrogens with two attached hydrogens (primary N) is 1. The summed E-state index contributed by atoms with van der Waals surface area (Å²) < 4.78 is 53.3. The number of thioether (sulfide) groups is 1. The zero-order chi connectivity index (χ0) is 56.3. The maximum Gasteiger partial charge on any atom is 0.327 e. The molecule has 0 aliphatic carbocycles. The van der Waals surface area contributed by atoms with E-state index in [2.05, 4.69) is 16.0 Å². The fourth-order valence-corrected chi connectivity index (χ4v) is 8.93. The molecule has 77 heavy (non-hydrogen) atoms. The van der Waals surface area contributed by atoms with Gasteiger partial charge in [-0.3, -0.25) is 38.5 Å². The van der Waals surface area contributed by atoms with Crippen LogP contribution < -0.4 is 21.7 Å². The fraction of sp³-hybridized carbons (Fsp3) is 0.509. The van der Waals surface area contributed by atoms with Crippen LogP contribution in [0.2, 0.25) is 0 Å². The lowest BCUT2D eigenvalue weighted by Crippen LogP contribution is -2.52. The smallest absolute Gasteiger partial charge is 0.327 e. The Balaban J connectivity index is 1.22. The molecule has 4 rings (SSSR count). The van der Waals surface area contributed by atoms with Gasteiger partial charge in [0.15, 0.2) is 0 Å². The van der Waals surface area contributed by atoms with Crippen LogP contribution in [0.25, 0.3) is 11.1 Å². The summed E-state index contributed by atoms with van der Waals surface area (Å²) in [4.78, 5) is 102. The molecule has 3 aromatic rings. The topological polar surface area (TPSA) is 287 Å². The van der Waals surface area contributed by atoms with Gasteiger partial charge in [-0.15, -0.1) is 11.8 Å². The highest BCUT2D eigenvalue weighted by Gasteiger charge is 2.37. The van der Waals surface area contributed by atoms with E-state index in [0.717, 1.165) is 52.6 Å². The van der Waals surface area contributed by atoms with Crippen molar-refractivity contribution >= 4 is 59.1 Å². The standard InChI is InChI=1S/C53H71F2N7O14S/c1-53(2,3)50(43-30-37(39-31-38(54)10-11-40(39)55)33-60(43)32-36-8-5-4-6-9-36)62(20-7-18-56)48(67)35-77-34-42(52(71)72)59-51(70)41(12-15-49(68)69)58-45(64)17-22-73-24-26-75-28-29-76-27-25-74-23-19-57-44(63)16-21-61-46(65)13-14-47(61)66/h4-6,8-11,13-14,30-31,33,41-42,50H,7,12,15-29,32,34-35,56H2,1-3H3,(H,57,63)(H,58,64)(H,59,70)(H,68,69)(H,71,72)/t41-,42-,50-/m0/s1. The van der Waals surface area contributed by atoms with Crippen LogP contribution in [-0.4, -0.2) is 175 Å². The molecule has 0 bridgehead atoms. The number of nitrogens with zero attached hydrogens (tertiary/aromatic N) is 3. The lowest BCUT2D eigenvalue weighted by atomic mass is 9.83. The van der Waals surface area contributed by atoms with Crippen LogP contribution >= 0.6 is 11.8 Å². The summed E-state index contributed by atoms with van der Waals surface area (Å²) >= 11 is 0.951. The van der Waals surface area contributed by atoms with Crippen molar-refractivity contribution in [3.8, 4) is 11.1 Å². The van der Waals surface area contributed by atoms with Gasteiger partial charge in [0.1, 0.15) is 23.7 Å². The predicted octanol–water partition coefficient (Wildman–Crippen LogP) is 3.29. The highest BCUT2D eigenvalue weighted by atomic mass is 32.2. The minimum atomic E-state index is -1.54. The number of aromatic nitrogens is 1. The minimum absolute atomic E-state index is 0.00364. The summed E-state index contributed by atoms with van der Waals surface area (Å²) in [6.45, 7) is 8.37. The number of rotatable bonds is 37. The van der Waals surface area contributed by atoms with E-state index >= 15 is 4.39 Å². The molecule has 1 aromatic heterocycles. The van der Waals surface area contributed by atoms with E-state index in [4.69, 9.17) is 24.7 Å². The van der Waals surface area contributed by atoms with Gasteiger partial charge >= 0.3 is 11.9 Å². The van der Waals surface area contributed by atoms with E-state index in [-0.39, 0.29) is 127 Å². The van der Waals surface area contributed by atoms with E-state index in [1.54, 1.807) is 17.2 Å². The first kappa shape index (κ1) is 63.0. The third-order valence-corrected chi connectivity index (χ3v) is 12.8. The first-order valence-electron chi connectivity index (χ1n) is 25.2. The van der Waals surface area contributed by atoms with Crippen molar-refractivity contribution in [1.82, 2.24) is 30.3 Å². The largest absolute Gasteiger partial charge is 0.481 e. The predicted molar refractivity (Wildman–Crippen MR) is 280 cm³/mol. The average molecular weight is 1100 g/mol. The molecule has 0 saturated heterocycles. The van der Waals surface area contributed by atoms with Crippen molar-refractivity contribution in [2.75, 3.05) is 90.5 Å². The molecule has 24 heteroatoms. The quantitative estimate of drug-likeness (QED) is 0.0357. The fourth-order valence-electron chi connectivity index (χ4n) is 8.01. The summed E-state index contributed by atoms with van der Waals surface area (Å²) in [7, 11) is 0. The van der Waals surface area contributed by atoms with Gasteiger partial charge < -0.3 is 60.3 Å². The molecule has 2 heterocycles. The number of imide groups is 1. The summed E-state index contributed by atoms with van der Waals surface area (Å²) in [5, 5.41) is 27.0. The zero-order valence-corrected chi connectivity index (χ0v) is 44.5. The van der Waals surface area contributed by atoms with Gasteiger partial charge in [0.25, 0.3) is 11.8 Å². The molecule has 0 unspecified atom stereocenters. The Morgan fingerprint density at radius 3 is 2.03 bits per heavy atom. The van der Waals surface area contributed by atoms with E-state index in [1.807, 2.05) is 55.7 Å². The molecule has 422 valence electrons. The number of carbonyl (C=O) groups is 8. The van der Waals surface area contributed by atoms with E-state index in [9.17, 15) is 53.0 Å². The average Bonchev–Trinajstić information content (AvgIpc) is 3.97. The monoisotopic (exact) mass is 1100 g/mol. The number of carboxylic acids is 2. The number of carboxylic acid groups (broad SMARTS) is 2. The first-order valence-corrected chi connectivity index (χ1v) is 26.4. The normalized spacial score (nSPS) is 13.6. The van der Waals surface area contributed by atoms with E-state index in [0.29, 0.717) is 24.2 Å². The second kappa shape index (κ2) is 32.9. The van der Waals surface area contributed by atoms with E-state index in [1.165, 1.54) is 0 Å². The second-order valence-electron chi connectivity index (χ2n) is 18.8.